The van der Waals surface area contributed by atoms with Gasteiger partial charge in [-0.15, -0.1) is 0 Å². The van der Waals surface area contributed by atoms with Crippen LogP contribution in [0.5, 0.6) is 0 Å². The quantitative estimate of drug-likeness (QED) is 0.837. The van der Waals surface area contributed by atoms with Crippen molar-refractivity contribution in [1.82, 2.24) is 9.88 Å². The minimum atomic E-state index is -0.490. The van der Waals surface area contributed by atoms with Gasteiger partial charge in [0.15, 0.2) is 0 Å². The van der Waals surface area contributed by atoms with Gasteiger partial charge in [-0.1, -0.05) is 18.2 Å². The van der Waals surface area contributed by atoms with E-state index in [0.29, 0.717) is 31.5 Å². The monoisotopic (exact) mass is 370 g/mol. The van der Waals surface area contributed by atoms with Crippen LogP contribution in [0.4, 0.5) is 4.79 Å². The molecule has 0 radical (unpaired) electrons. The SMILES string of the molecule is CC(C)(C)OC(=O)N1CCC(C2Cc3[nH]c(=O)c4ccccc4c3CO2)C1. The van der Waals surface area contributed by atoms with Gasteiger partial charge in [0.05, 0.1) is 12.7 Å². The normalized spacial score (nSPS) is 22.7. The van der Waals surface area contributed by atoms with Crippen LogP contribution in [0.1, 0.15) is 38.4 Å². The molecular formula is C21H26N2O4. The average molecular weight is 370 g/mol. The van der Waals surface area contributed by atoms with Gasteiger partial charge < -0.3 is 19.4 Å². The second-order valence-corrected chi connectivity index (χ2v) is 8.49. The van der Waals surface area contributed by atoms with E-state index in [4.69, 9.17) is 9.47 Å². The molecule has 1 amide bonds. The maximum Gasteiger partial charge on any atom is 0.410 e. The summed E-state index contributed by atoms with van der Waals surface area (Å²) in [4.78, 5) is 29.5. The summed E-state index contributed by atoms with van der Waals surface area (Å²) in [7, 11) is 0. The lowest BCUT2D eigenvalue weighted by atomic mass is 9.92. The topological polar surface area (TPSA) is 71.6 Å². The number of rotatable bonds is 1. The first-order chi connectivity index (χ1) is 12.8. The Bertz CT molecular complexity index is 928. The highest BCUT2D eigenvalue weighted by Crippen LogP contribution is 2.31. The van der Waals surface area contributed by atoms with Crippen molar-refractivity contribution < 1.29 is 14.3 Å². The van der Waals surface area contributed by atoms with Crippen molar-refractivity contribution in [2.75, 3.05) is 13.1 Å². The van der Waals surface area contributed by atoms with E-state index >= 15 is 0 Å². The highest BCUT2D eigenvalue weighted by Gasteiger charge is 2.36. The number of nitrogens with zero attached hydrogens (tertiary/aromatic N) is 1. The number of aromatic nitrogens is 1. The highest BCUT2D eigenvalue weighted by atomic mass is 16.6. The third kappa shape index (κ3) is 3.58. The Balaban J connectivity index is 1.49. The number of nitrogens with one attached hydrogen (secondary N) is 1. The zero-order valence-electron chi connectivity index (χ0n) is 16.1. The van der Waals surface area contributed by atoms with Crippen LogP contribution in [-0.2, 0) is 22.5 Å². The predicted molar refractivity (Wildman–Crippen MR) is 103 cm³/mol. The number of carbonyl (C=O) groups is 1. The van der Waals surface area contributed by atoms with Crippen molar-refractivity contribution in [2.45, 2.75) is 51.9 Å². The third-order valence-electron chi connectivity index (χ3n) is 5.37. The average Bonchev–Trinajstić information content (AvgIpc) is 3.10. The lowest BCUT2D eigenvalue weighted by Crippen LogP contribution is -2.38. The van der Waals surface area contributed by atoms with Crippen LogP contribution >= 0.6 is 0 Å². The van der Waals surface area contributed by atoms with Gasteiger partial charge in [-0.3, -0.25) is 4.79 Å². The molecule has 1 aromatic heterocycles. The molecule has 1 N–H and O–H groups in total. The predicted octanol–water partition coefficient (Wildman–Crippen LogP) is 3.23. The van der Waals surface area contributed by atoms with Crippen LogP contribution in [0, 0.1) is 5.92 Å². The number of fused-ring (bicyclic) bond motifs is 3. The standard InChI is InChI=1S/C21H26N2O4/c1-21(2,3)27-20(25)23-9-8-13(11-23)18-10-17-16(12-26-18)14-6-4-5-7-15(14)19(24)22-17/h4-7,13,18H,8-12H2,1-3H3,(H,22,24). The summed E-state index contributed by atoms with van der Waals surface area (Å²) in [5.74, 6) is 0.251. The van der Waals surface area contributed by atoms with E-state index in [1.807, 2.05) is 45.0 Å². The van der Waals surface area contributed by atoms with E-state index in [9.17, 15) is 9.59 Å². The van der Waals surface area contributed by atoms with Gasteiger partial charge in [0.25, 0.3) is 5.56 Å². The summed E-state index contributed by atoms with van der Waals surface area (Å²) in [6.07, 6.45) is 1.29. The van der Waals surface area contributed by atoms with Crippen LogP contribution in [0.3, 0.4) is 0 Å². The van der Waals surface area contributed by atoms with Gasteiger partial charge in [-0.2, -0.15) is 0 Å². The van der Waals surface area contributed by atoms with E-state index in [1.54, 1.807) is 4.90 Å². The third-order valence-corrected chi connectivity index (χ3v) is 5.37. The molecule has 0 spiro atoms. The number of hydrogen-bond acceptors (Lipinski definition) is 4. The van der Waals surface area contributed by atoms with Crippen molar-refractivity contribution in [1.29, 1.82) is 0 Å². The number of benzene rings is 1. The Morgan fingerprint density at radius 1 is 1.26 bits per heavy atom. The minimum absolute atomic E-state index is 0.00162. The van der Waals surface area contributed by atoms with Crippen molar-refractivity contribution in [3.63, 3.8) is 0 Å². The summed E-state index contributed by atoms with van der Waals surface area (Å²) < 4.78 is 11.6. The van der Waals surface area contributed by atoms with Gasteiger partial charge in [0, 0.05) is 42.1 Å². The minimum Gasteiger partial charge on any atom is -0.444 e. The number of hydrogen-bond donors (Lipinski definition) is 1. The Morgan fingerprint density at radius 2 is 2.00 bits per heavy atom. The molecule has 1 aromatic carbocycles. The molecule has 4 rings (SSSR count). The van der Waals surface area contributed by atoms with Gasteiger partial charge >= 0.3 is 6.09 Å². The van der Waals surface area contributed by atoms with Crippen LogP contribution < -0.4 is 5.56 Å². The number of likely N-dealkylation sites (tertiary alicyclic amines) is 1. The lowest BCUT2D eigenvalue weighted by Gasteiger charge is -2.30. The lowest BCUT2D eigenvalue weighted by molar-refractivity contribution is -0.00995. The second kappa shape index (κ2) is 6.68. The Morgan fingerprint density at radius 3 is 2.74 bits per heavy atom. The Labute approximate surface area is 158 Å². The van der Waals surface area contributed by atoms with E-state index in [0.717, 1.165) is 23.1 Å². The summed E-state index contributed by atoms with van der Waals surface area (Å²) in [6, 6.07) is 7.65. The summed E-state index contributed by atoms with van der Waals surface area (Å²) in [6.45, 7) is 7.42. The van der Waals surface area contributed by atoms with Gasteiger partial charge in [-0.05, 0) is 38.6 Å². The van der Waals surface area contributed by atoms with Gasteiger partial charge in [0.2, 0.25) is 0 Å². The van der Waals surface area contributed by atoms with Crippen molar-refractivity contribution in [2.24, 2.45) is 5.92 Å². The first-order valence-corrected chi connectivity index (χ1v) is 9.54. The number of pyridine rings is 1. The molecule has 6 nitrogen and oxygen atoms in total. The van der Waals surface area contributed by atoms with Crippen LogP contribution in [0.15, 0.2) is 29.1 Å². The first-order valence-electron chi connectivity index (χ1n) is 9.54. The number of aromatic amines is 1. The van der Waals surface area contributed by atoms with E-state index in [2.05, 4.69) is 4.98 Å². The fraction of sp³-hybridized carbons (Fsp3) is 0.524. The molecule has 27 heavy (non-hydrogen) atoms. The first kappa shape index (κ1) is 18.0. The molecule has 2 aromatic rings. The van der Waals surface area contributed by atoms with Gasteiger partial charge in [0.1, 0.15) is 5.60 Å². The second-order valence-electron chi connectivity index (χ2n) is 8.49. The largest absolute Gasteiger partial charge is 0.444 e. The van der Waals surface area contributed by atoms with Crippen molar-refractivity contribution >= 4 is 16.9 Å². The van der Waals surface area contributed by atoms with Crippen molar-refractivity contribution in [3.8, 4) is 0 Å². The van der Waals surface area contributed by atoms with E-state index < -0.39 is 5.60 Å². The zero-order valence-corrected chi connectivity index (χ0v) is 16.1. The summed E-state index contributed by atoms with van der Waals surface area (Å²) in [5.41, 5.74) is 1.50. The fourth-order valence-electron chi connectivity index (χ4n) is 4.06. The van der Waals surface area contributed by atoms with Crippen molar-refractivity contribution in [3.05, 3.63) is 45.9 Å². The molecule has 6 heteroatoms. The molecule has 2 unspecified atom stereocenters. The zero-order chi connectivity index (χ0) is 19.2. The van der Waals surface area contributed by atoms with Crippen LogP contribution in [0.2, 0.25) is 0 Å². The molecule has 2 atom stereocenters. The molecule has 1 fully saturated rings. The molecule has 1 saturated heterocycles. The van der Waals surface area contributed by atoms with Crippen LogP contribution in [-0.4, -0.2) is 40.8 Å². The maximum absolute atomic E-state index is 12.4. The summed E-state index contributed by atoms with van der Waals surface area (Å²) in [5, 5.41) is 1.67. The molecule has 0 saturated carbocycles. The molecule has 0 bridgehead atoms. The molecule has 3 heterocycles. The molecule has 2 aliphatic rings. The molecular weight excluding hydrogens is 344 g/mol. The molecule has 0 aliphatic carbocycles. The van der Waals surface area contributed by atoms with Crippen LogP contribution in [0.25, 0.3) is 10.8 Å². The Hall–Kier alpha value is -2.34. The molecule has 2 aliphatic heterocycles. The van der Waals surface area contributed by atoms with Gasteiger partial charge in [-0.25, -0.2) is 4.79 Å². The maximum atomic E-state index is 12.4. The highest BCUT2D eigenvalue weighted by molar-refractivity contribution is 5.85. The van der Waals surface area contributed by atoms with E-state index in [1.165, 1.54) is 0 Å². The number of carbonyl (C=O) groups excluding carboxylic acids is 1. The van der Waals surface area contributed by atoms with E-state index in [-0.39, 0.29) is 23.7 Å². The number of ether oxygens (including phenoxy) is 2. The summed E-state index contributed by atoms with van der Waals surface area (Å²) >= 11 is 0. The smallest absolute Gasteiger partial charge is 0.410 e. The fourth-order valence-corrected chi connectivity index (χ4v) is 4.06. The Kier molecular flexibility index (Phi) is 4.46. The number of H-pyrrole nitrogens is 1. The molecule has 144 valence electrons. The number of amides is 1.